The van der Waals surface area contributed by atoms with Crippen molar-refractivity contribution in [1.29, 1.82) is 0 Å². The van der Waals surface area contributed by atoms with E-state index in [1.807, 2.05) is 61.5 Å². The first-order chi connectivity index (χ1) is 13.6. The Kier molecular flexibility index (Phi) is 4.93. The maximum atomic E-state index is 12.7. The lowest BCUT2D eigenvalue weighted by atomic mass is 10.1. The first kappa shape index (κ1) is 18.0. The summed E-state index contributed by atoms with van der Waals surface area (Å²) in [5.74, 6) is 0.130. The second-order valence-electron chi connectivity index (χ2n) is 6.93. The zero-order chi connectivity index (χ0) is 19.5. The van der Waals surface area contributed by atoms with Crippen molar-refractivity contribution in [1.82, 2.24) is 24.2 Å². The van der Waals surface area contributed by atoms with Crippen LogP contribution in [-0.4, -0.2) is 37.2 Å². The Morgan fingerprint density at radius 3 is 2.64 bits per heavy atom. The molecule has 0 N–H and O–H groups in total. The summed E-state index contributed by atoms with van der Waals surface area (Å²) in [4.78, 5) is 18.5. The summed E-state index contributed by atoms with van der Waals surface area (Å²) in [6.45, 7) is 2.72. The number of nitrogens with zero attached hydrogens (tertiary/aromatic N) is 5. The number of para-hydroxylation sites is 1. The van der Waals surface area contributed by atoms with E-state index in [0.717, 1.165) is 16.8 Å². The van der Waals surface area contributed by atoms with Gasteiger partial charge in [0.2, 0.25) is 5.91 Å². The molecule has 0 radical (unpaired) electrons. The SMILES string of the molecule is CC(c1ccc(-n2cncn2)cc1)N(C)C(=O)CCn1ccc2ccccc21. The average Bonchev–Trinajstić information content (AvgIpc) is 3.41. The van der Waals surface area contributed by atoms with Crippen LogP contribution in [0.5, 0.6) is 0 Å². The van der Waals surface area contributed by atoms with Gasteiger partial charge in [0.25, 0.3) is 0 Å². The monoisotopic (exact) mass is 373 g/mol. The van der Waals surface area contributed by atoms with Gasteiger partial charge in [-0.2, -0.15) is 5.10 Å². The van der Waals surface area contributed by atoms with Crippen molar-refractivity contribution in [3.63, 3.8) is 0 Å². The van der Waals surface area contributed by atoms with Crippen LogP contribution >= 0.6 is 0 Å². The molecule has 0 aliphatic rings. The Morgan fingerprint density at radius 1 is 1.11 bits per heavy atom. The molecule has 0 aliphatic heterocycles. The van der Waals surface area contributed by atoms with Crippen molar-refractivity contribution >= 4 is 16.8 Å². The quantitative estimate of drug-likeness (QED) is 0.516. The van der Waals surface area contributed by atoms with E-state index in [9.17, 15) is 4.79 Å². The molecule has 142 valence electrons. The smallest absolute Gasteiger partial charge is 0.224 e. The first-order valence-electron chi connectivity index (χ1n) is 9.38. The molecule has 4 aromatic rings. The van der Waals surface area contributed by atoms with Gasteiger partial charge >= 0.3 is 0 Å². The predicted octanol–water partition coefficient (Wildman–Crippen LogP) is 3.83. The Bertz CT molecular complexity index is 1070. The number of hydrogen-bond donors (Lipinski definition) is 0. The predicted molar refractivity (Wildman–Crippen MR) is 109 cm³/mol. The normalized spacial score (nSPS) is 12.2. The van der Waals surface area contributed by atoms with Gasteiger partial charge in [0.1, 0.15) is 12.7 Å². The molecule has 0 spiro atoms. The highest BCUT2D eigenvalue weighted by Crippen LogP contribution is 2.21. The van der Waals surface area contributed by atoms with Crippen LogP contribution in [0.25, 0.3) is 16.6 Å². The number of carbonyl (C=O) groups is 1. The zero-order valence-electron chi connectivity index (χ0n) is 16.1. The van der Waals surface area contributed by atoms with Gasteiger partial charge < -0.3 is 9.47 Å². The van der Waals surface area contributed by atoms with Gasteiger partial charge in [-0.3, -0.25) is 4.79 Å². The number of aryl methyl sites for hydroxylation is 1. The van der Waals surface area contributed by atoms with Crippen molar-refractivity contribution in [3.05, 3.63) is 79.0 Å². The van der Waals surface area contributed by atoms with Crippen LogP contribution in [0.1, 0.15) is 24.9 Å². The fourth-order valence-corrected chi connectivity index (χ4v) is 3.41. The van der Waals surface area contributed by atoms with E-state index in [0.29, 0.717) is 13.0 Å². The summed E-state index contributed by atoms with van der Waals surface area (Å²) in [7, 11) is 1.87. The van der Waals surface area contributed by atoms with Gasteiger partial charge in [-0.05, 0) is 42.1 Å². The summed E-state index contributed by atoms with van der Waals surface area (Å²) >= 11 is 0. The lowest BCUT2D eigenvalue weighted by molar-refractivity contribution is -0.132. The van der Waals surface area contributed by atoms with Gasteiger partial charge in [0.15, 0.2) is 0 Å². The minimum atomic E-state index is -0.00120. The standard InChI is InChI=1S/C22H23N5O/c1-17(18-7-9-20(10-8-18)27-16-23-15-24-27)25(2)22(28)12-14-26-13-11-19-5-3-4-6-21(19)26/h3-11,13,15-17H,12,14H2,1-2H3. The van der Waals surface area contributed by atoms with E-state index in [4.69, 9.17) is 0 Å². The Morgan fingerprint density at radius 2 is 1.89 bits per heavy atom. The van der Waals surface area contributed by atoms with Crippen LogP contribution in [0.2, 0.25) is 0 Å². The van der Waals surface area contributed by atoms with Crippen molar-refractivity contribution in [2.75, 3.05) is 7.05 Å². The number of aromatic nitrogens is 4. The first-order valence-corrected chi connectivity index (χ1v) is 9.38. The topological polar surface area (TPSA) is 56.0 Å². The van der Waals surface area contributed by atoms with Crippen molar-refractivity contribution < 1.29 is 4.79 Å². The molecule has 0 aliphatic carbocycles. The van der Waals surface area contributed by atoms with Gasteiger partial charge in [0.05, 0.1) is 11.7 Å². The largest absolute Gasteiger partial charge is 0.347 e. The maximum absolute atomic E-state index is 12.7. The summed E-state index contributed by atoms with van der Waals surface area (Å²) < 4.78 is 3.85. The summed E-state index contributed by atoms with van der Waals surface area (Å²) in [6, 6.07) is 18.4. The Hall–Kier alpha value is -3.41. The molecule has 28 heavy (non-hydrogen) atoms. The van der Waals surface area contributed by atoms with E-state index in [1.165, 1.54) is 11.7 Å². The number of hydrogen-bond acceptors (Lipinski definition) is 3. The van der Waals surface area contributed by atoms with Crippen molar-refractivity contribution in [3.8, 4) is 5.69 Å². The molecule has 1 unspecified atom stereocenters. The zero-order valence-corrected chi connectivity index (χ0v) is 16.1. The Balaban J connectivity index is 1.40. The second kappa shape index (κ2) is 7.68. The molecule has 0 saturated carbocycles. The van der Waals surface area contributed by atoms with Crippen LogP contribution in [0.3, 0.4) is 0 Å². The van der Waals surface area contributed by atoms with Gasteiger partial charge in [-0.25, -0.2) is 9.67 Å². The minimum absolute atomic E-state index is 0.00120. The highest BCUT2D eigenvalue weighted by atomic mass is 16.2. The summed E-state index contributed by atoms with van der Waals surface area (Å²) in [5, 5.41) is 5.33. The van der Waals surface area contributed by atoms with Crippen LogP contribution < -0.4 is 0 Å². The second-order valence-corrected chi connectivity index (χ2v) is 6.93. The third-order valence-electron chi connectivity index (χ3n) is 5.28. The fourth-order valence-electron chi connectivity index (χ4n) is 3.41. The minimum Gasteiger partial charge on any atom is -0.347 e. The number of benzene rings is 2. The Labute approximate surface area is 164 Å². The molecule has 1 atom stereocenters. The van der Waals surface area contributed by atoms with E-state index in [-0.39, 0.29) is 11.9 Å². The fraction of sp³-hybridized carbons (Fsp3) is 0.227. The van der Waals surface area contributed by atoms with Crippen LogP contribution in [0.4, 0.5) is 0 Å². The summed E-state index contributed by atoms with van der Waals surface area (Å²) in [5.41, 5.74) is 3.20. The number of amides is 1. The lowest BCUT2D eigenvalue weighted by Gasteiger charge is -2.26. The summed E-state index contributed by atoms with van der Waals surface area (Å²) in [6.07, 6.45) is 5.69. The molecule has 0 fully saturated rings. The van der Waals surface area contributed by atoms with Crippen molar-refractivity contribution in [2.24, 2.45) is 0 Å². The number of carbonyl (C=O) groups excluding carboxylic acids is 1. The molecular weight excluding hydrogens is 350 g/mol. The molecule has 6 heteroatoms. The average molecular weight is 373 g/mol. The highest BCUT2D eigenvalue weighted by molar-refractivity contribution is 5.80. The van der Waals surface area contributed by atoms with Crippen molar-refractivity contribution in [2.45, 2.75) is 25.9 Å². The molecular formula is C22H23N5O. The molecule has 2 aromatic heterocycles. The van der Waals surface area contributed by atoms with Crippen LogP contribution in [-0.2, 0) is 11.3 Å². The van der Waals surface area contributed by atoms with E-state index in [2.05, 4.69) is 32.8 Å². The third kappa shape index (κ3) is 3.53. The van der Waals surface area contributed by atoms with Gasteiger partial charge in [0, 0.05) is 31.7 Å². The number of fused-ring (bicyclic) bond motifs is 1. The van der Waals surface area contributed by atoms with Gasteiger partial charge in [-0.15, -0.1) is 0 Å². The van der Waals surface area contributed by atoms with E-state index in [1.54, 1.807) is 11.0 Å². The lowest BCUT2D eigenvalue weighted by Crippen LogP contribution is -2.30. The van der Waals surface area contributed by atoms with Gasteiger partial charge in [-0.1, -0.05) is 30.3 Å². The molecule has 0 saturated heterocycles. The highest BCUT2D eigenvalue weighted by Gasteiger charge is 2.17. The van der Waals surface area contributed by atoms with E-state index < -0.39 is 0 Å². The molecule has 4 rings (SSSR count). The number of rotatable bonds is 6. The molecule has 6 nitrogen and oxygen atoms in total. The van der Waals surface area contributed by atoms with E-state index >= 15 is 0 Å². The van der Waals surface area contributed by atoms with Crippen LogP contribution in [0.15, 0.2) is 73.4 Å². The molecule has 1 amide bonds. The molecule has 0 bridgehead atoms. The third-order valence-corrected chi connectivity index (χ3v) is 5.28. The molecule has 2 heterocycles. The van der Waals surface area contributed by atoms with Crippen LogP contribution in [0, 0.1) is 0 Å². The maximum Gasteiger partial charge on any atom is 0.224 e. The molecule has 2 aromatic carbocycles.